The van der Waals surface area contributed by atoms with Crippen molar-refractivity contribution in [3.05, 3.63) is 107 Å². The summed E-state index contributed by atoms with van der Waals surface area (Å²) in [6, 6.07) is 10.4. The van der Waals surface area contributed by atoms with Crippen molar-refractivity contribution in [1.29, 1.82) is 0 Å². The molecule has 10 heteroatoms. The van der Waals surface area contributed by atoms with Crippen LogP contribution in [0.25, 0.3) is 11.5 Å². The van der Waals surface area contributed by atoms with E-state index < -0.39 is 20.2 Å². The van der Waals surface area contributed by atoms with E-state index in [-0.39, 0.29) is 15.6 Å². The third-order valence-corrected chi connectivity index (χ3v) is 6.53. The average molecular weight is 482 g/mol. The predicted molar refractivity (Wildman–Crippen MR) is 116 cm³/mol. The maximum Gasteiger partial charge on any atom is 0.178 e. The Morgan fingerprint density at radius 3 is 1.33 bits per heavy atom. The van der Waals surface area contributed by atoms with Gasteiger partial charge in [0.1, 0.15) is 31.8 Å². The highest BCUT2D eigenvalue weighted by Gasteiger charge is 2.18. The Hall–Kier alpha value is -3.57. The molecule has 0 unspecified atom stereocenters. The number of carbonyl (C=O) groups is 1. The van der Waals surface area contributed by atoms with Gasteiger partial charge in [-0.1, -0.05) is 12.2 Å². The minimum Gasteiger partial charge on any atom is -0.744 e. The Labute approximate surface area is 190 Å². The van der Waals surface area contributed by atoms with Crippen molar-refractivity contribution in [3.63, 3.8) is 0 Å². The predicted octanol–water partition coefficient (Wildman–Crippen LogP) is 2.90. The van der Waals surface area contributed by atoms with Gasteiger partial charge in [-0.05, 0) is 84.0 Å². The maximum absolute atomic E-state index is 11.5. The van der Waals surface area contributed by atoms with Gasteiger partial charge in [0.05, 0.1) is 9.79 Å². The Bertz CT molecular complexity index is 1390. The molecule has 1 aliphatic heterocycles. The molecule has 0 N–H and O–H groups in total. The molecule has 0 spiro atoms. The molecule has 0 bridgehead atoms. The SMILES string of the molecule is O=C1C=CC(=C2C=C(c3ccc(S(=O)(=O)[O-])cc3)OC(c3ccc(S(=O)(=O)[O-])cc3)=C2)C=C1. The minimum atomic E-state index is -4.61. The Morgan fingerprint density at radius 1 is 0.576 bits per heavy atom. The summed E-state index contributed by atoms with van der Waals surface area (Å²) in [5.74, 6) is 0.483. The molecular weight excluding hydrogens is 468 g/mol. The largest absolute Gasteiger partial charge is 0.744 e. The van der Waals surface area contributed by atoms with Crippen molar-refractivity contribution < 1.29 is 35.5 Å². The third-order valence-electron chi connectivity index (χ3n) is 4.84. The number of allylic oxidation sites excluding steroid dienone is 8. The van der Waals surface area contributed by atoms with Crippen LogP contribution in [-0.4, -0.2) is 31.7 Å². The number of carbonyl (C=O) groups excluding carboxylic acids is 1. The number of rotatable bonds is 4. The zero-order chi connectivity index (χ0) is 23.8. The molecule has 1 aliphatic carbocycles. The summed E-state index contributed by atoms with van der Waals surface area (Å²) >= 11 is 0. The van der Waals surface area contributed by atoms with Gasteiger partial charge in [-0.15, -0.1) is 0 Å². The summed E-state index contributed by atoms with van der Waals surface area (Å²) in [6.45, 7) is 0. The molecule has 2 aromatic carbocycles. The molecule has 168 valence electrons. The van der Waals surface area contributed by atoms with E-state index in [2.05, 4.69) is 0 Å². The van der Waals surface area contributed by atoms with E-state index in [1.807, 2.05) is 0 Å². The molecule has 4 rings (SSSR count). The van der Waals surface area contributed by atoms with Crippen LogP contribution in [0.5, 0.6) is 0 Å². The first kappa shape index (κ1) is 22.6. The van der Waals surface area contributed by atoms with E-state index in [1.165, 1.54) is 60.7 Å². The Kier molecular flexibility index (Phi) is 5.76. The van der Waals surface area contributed by atoms with Crippen LogP contribution >= 0.6 is 0 Å². The van der Waals surface area contributed by atoms with Gasteiger partial charge in [-0.2, -0.15) is 0 Å². The van der Waals surface area contributed by atoms with Crippen LogP contribution in [-0.2, 0) is 29.8 Å². The quantitative estimate of drug-likeness (QED) is 0.606. The first-order valence-electron chi connectivity index (χ1n) is 9.39. The lowest BCUT2D eigenvalue weighted by Gasteiger charge is -2.21. The van der Waals surface area contributed by atoms with Crippen molar-refractivity contribution in [1.82, 2.24) is 0 Å². The van der Waals surface area contributed by atoms with E-state index in [4.69, 9.17) is 4.74 Å². The fourth-order valence-electron chi connectivity index (χ4n) is 3.17. The van der Waals surface area contributed by atoms with Gasteiger partial charge < -0.3 is 13.8 Å². The van der Waals surface area contributed by atoms with Crippen LogP contribution in [0.1, 0.15) is 11.1 Å². The Balaban J connectivity index is 1.79. The second-order valence-electron chi connectivity index (χ2n) is 7.06. The monoisotopic (exact) mass is 482 g/mol. The summed E-state index contributed by atoms with van der Waals surface area (Å²) in [4.78, 5) is 10.7. The molecule has 0 amide bonds. The molecule has 0 aromatic heterocycles. The lowest BCUT2D eigenvalue weighted by atomic mass is 9.97. The molecular formula is C23H14O8S2-2. The zero-order valence-electron chi connectivity index (χ0n) is 16.7. The molecule has 0 fully saturated rings. The van der Waals surface area contributed by atoms with Crippen LogP contribution < -0.4 is 0 Å². The summed E-state index contributed by atoms with van der Waals surface area (Å²) in [5.41, 5.74) is 2.31. The van der Waals surface area contributed by atoms with Gasteiger partial charge in [0.2, 0.25) is 0 Å². The zero-order valence-corrected chi connectivity index (χ0v) is 18.3. The molecule has 0 saturated carbocycles. The fourth-order valence-corrected chi connectivity index (χ4v) is 4.11. The van der Waals surface area contributed by atoms with Crippen LogP contribution in [0, 0.1) is 0 Å². The lowest BCUT2D eigenvalue weighted by Crippen LogP contribution is -2.04. The first-order valence-corrected chi connectivity index (χ1v) is 12.2. The smallest absolute Gasteiger partial charge is 0.178 e. The lowest BCUT2D eigenvalue weighted by molar-refractivity contribution is -0.110. The number of benzene rings is 2. The van der Waals surface area contributed by atoms with Gasteiger partial charge in [0, 0.05) is 11.1 Å². The second-order valence-corrected chi connectivity index (χ2v) is 9.82. The highest BCUT2D eigenvalue weighted by Crippen LogP contribution is 2.34. The van der Waals surface area contributed by atoms with Crippen molar-refractivity contribution in [3.8, 4) is 0 Å². The second kappa shape index (κ2) is 8.41. The van der Waals surface area contributed by atoms with E-state index in [1.54, 1.807) is 24.3 Å². The standard InChI is InChI=1S/C23H16O8S2/c24-19-7-1-15(2-8-19)18-13-22(16-3-9-20(10-4-16)32(25,26)27)31-23(14-18)17-5-11-21(12-6-17)33(28,29)30/h1-14H,(H,25,26,27)(H,28,29,30)/p-2. The fraction of sp³-hybridized carbons (Fsp3) is 0. The van der Waals surface area contributed by atoms with Crippen molar-refractivity contribution >= 4 is 37.5 Å². The van der Waals surface area contributed by atoms with Gasteiger partial charge in [0.25, 0.3) is 0 Å². The van der Waals surface area contributed by atoms with Crippen LogP contribution in [0.15, 0.2) is 106 Å². The molecule has 0 radical (unpaired) electrons. The van der Waals surface area contributed by atoms with E-state index >= 15 is 0 Å². The number of ketones is 1. The molecule has 0 saturated heterocycles. The van der Waals surface area contributed by atoms with Gasteiger partial charge in [-0.3, -0.25) is 4.79 Å². The summed E-state index contributed by atoms with van der Waals surface area (Å²) < 4.78 is 73.3. The number of hydrogen-bond donors (Lipinski definition) is 0. The van der Waals surface area contributed by atoms with E-state index in [9.17, 15) is 30.7 Å². The van der Waals surface area contributed by atoms with Crippen LogP contribution in [0.4, 0.5) is 0 Å². The van der Waals surface area contributed by atoms with Crippen molar-refractivity contribution in [2.45, 2.75) is 9.79 Å². The number of hydrogen-bond acceptors (Lipinski definition) is 8. The van der Waals surface area contributed by atoms with Crippen molar-refractivity contribution in [2.75, 3.05) is 0 Å². The maximum atomic E-state index is 11.5. The van der Waals surface area contributed by atoms with E-state index in [0.29, 0.717) is 33.8 Å². The van der Waals surface area contributed by atoms with Crippen LogP contribution in [0.2, 0.25) is 0 Å². The minimum absolute atomic E-state index is 0.163. The summed E-state index contributed by atoms with van der Waals surface area (Å²) in [7, 11) is -9.22. The normalized spacial score (nSPS) is 16.4. The average Bonchev–Trinajstić information content (AvgIpc) is 2.78. The first-order chi connectivity index (χ1) is 15.5. The highest BCUT2D eigenvalue weighted by atomic mass is 32.2. The van der Waals surface area contributed by atoms with Gasteiger partial charge in [0.15, 0.2) is 5.78 Å². The third kappa shape index (κ3) is 5.10. The Morgan fingerprint density at radius 2 is 0.970 bits per heavy atom. The van der Waals surface area contributed by atoms with Crippen LogP contribution in [0.3, 0.4) is 0 Å². The summed E-state index contributed by atoms with van der Waals surface area (Å²) in [5, 5.41) is 0. The molecule has 33 heavy (non-hydrogen) atoms. The topological polar surface area (TPSA) is 141 Å². The molecule has 8 nitrogen and oxygen atoms in total. The van der Waals surface area contributed by atoms with Gasteiger partial charge in [-0.25, -0.2) is 16.8 Å². The molecule has 2 aromatic rings. The van der Waals surface area contributed by atoms with E-state index in [0.717, 1.165) is 0 Å². The molecule has 1 heterocycles. The van der Waals surface area contributed by atoms with Crippen molar-refractivity contribution in [2.24, 2.45) is 0 Å². The molecule has 2 aliphatic rings. The summed E-state index contributed by atoms with van der Waals surface area (Å²) in [6.07, 6.45) is 9.43. The number of ether oxygens (including phenoxy) is 1. The van der Waals surface area contributed by atoms with Gasteiger partial charge >= 0.3 is 0 Å². The highest BCUT2D eigenvalue weighted by molar-refractivity contribution is 7.86. The molecule has 0 atom stereocenters.